The first-order chi connectivity index (χ1) is 7.70. The summed E-state index contributed by atoms with van der Waals surface area (Å²) in [6.07, 6.45) is 0. The fourth-order valence-corrected chi connectivity index (χ4v) is 1.14. The van der Waals surface area contributed by atoms with Crippen LogP contribution in [-0.2, 0) is 4.74 Å². The first-order valence-electron chi connectivity index (χ1n) is 4.74. The number of H-pyrrole nitrogens is 1. The highest BCUT2D eigenvalue weighted by atomic mass is 16.5. The van der Waals surface area contributed by atoms with E-state index in [9.17, 15) is 4.79 Å². The zero-order valence-electron chi connectivity index (χ0n) is 8.85. The number of carbonyl (C=O) groups is 1. The molecule has 2 rings (SSSR count). The first kappa shape index (κ1) is 10.3. The number of nitrogens with one attached hydrogen (secondary N) is 1. The third-order valence-electron chi connectivity index (χ3n) is 1.81. The molecule has 0 aromatic carbocycles. The number of carbonyl (C=O) groups excluding carboxylic acids is 1. The maximum Gasteiger partial charge on any atom is 0.375 e. The van der Waals surface area contributed by atoms with Gasteiger partial charge in [-0.2, -0.15) is 10.1 Å². The van der Waals surface area contributed by atoms with Gasteiger partial charge in [0, 0.05) is 6.07 Å². The van der Waals surface area contributed by atoms with Gasteiger partial charge in [0.15, 0.2) is 5.69 Å². The monoisotopic (exact) mass is 222 g/mol. The molecule has 0 amide bonds. The first-order valence-corrected chi connectivity index (χ1v) is 4.74. The Bertz CT molecular complexity index is 502. The molecule has 0 spiro atoms. The molecule has 0 aliphatic heterocycles. The van der Waals surface area contributed by atoms with Gasteiger partial charge < -0.3 is 9.26 Å². The van der Waals surface area contributed by atoms with E-state index in [1.807, 2.05) is 0 Å². The maximum absolute atomic E-state index is 11.3. The molecule has 0 atom stereocenters. The zero-order valence-corrected chi connectivity index (χ0v) is 8.85. The van der Waals surface area contributed by atoms with Crippen molar-refractivity contribution in [3.05, 3.63) is 17.7 Å². The van der Waals surface area contributed by atoms with Crippen LogP contribution in [0.15, 0.2) is 10.6 Å². The summed E-state index contributed by atoms with van der Waals surface area (Å²) in [6, 6.07) is 1.68. The van der Waals surface area contributed by atoms with E-state index >= 15 is 0 Å². The second-order valence-corrected chi connectivity index (χ2v) is 3.05. The second kappa shape index (κ2) is 4.13. The number of aromatic amines is 1. The van der Waals surface area contributed by atoms with Crippen LogP contribution < -0.4 is 0 Å². The lowest BCUT2D eigenvalue weighted by Gasteiger charge is -1.94. The van der Waals surface area contributed by atoms with Crippen molar-refractivity contribution < 1.29 is 14.1 Å². The number of esters is 1. The van der Waals surface area contributed by atoms with Crippen molar-refractivity contribution in [2.45, 2.75) is 13.8 Å². The van der Waals surface area contributed by atoms with Crippen molar-refractivity contribution in [1.82, 2.24) is 20.3 Å². The lowest BCUT2D eigenvalue weighted by Crippen LogP contribution is -2.06. The highest BCUT2D eigenvalue weighted by molar-refractivity contribution is 5.85. The van der Waals surface area contributed by atoms with Crippen LogP contribution in [0.3, 0.4) is 0 Å². The molecular weight excluding hydrogens is 212 g/mol. The molecule has 2 aromatic rings. The largest absolute Gasteiger partial charge is 0.460 e. The summed E-state index contributed by atoms with van der Waals surface area (Å²) in [5, 5.41) is 10.1. The van der Waals surface area contributed by atoms with Crippen molar-refractivity contribution >= 4 is 5.97 Å². The minimum atomic E-state index is -0.540. The zero-order chi connectivity index (χ0) is 11.5. The van der Waals surface area contributed by atoms with Gasteiger partial charge in [-0.25, -0.2) is 4.79 Å². The molecular formula is C9H10N4O3. The lowest BCUT2D eigenvalue weighted by atomic mass is 10.4. The Balaban J connectivity index is 2.22. The minimum absolute atomic E-state index is 0.0532. The van der Waals surface area contributed by atoms with E-state index in [1.165, 1.54) is 0 Å². The van der Waals surface area contributed by atoms with Crippen LogP contribution in [-0.4, -0.2) is 32.9 Å². The predicted octanol–water partition coefficient (Wildman–Crippen LogP) is 0.945. The van der Waals surface area contributed by atoms with Gasteiger partial charge in [-0.05, 0) is 13.8 Å². The van der Waals surface area contributed by atoms with E-state index in [1.54, 1.807) is 19.9 Å². The van der Waals surface area contributed by atoms with Gasteiger partial charge in [-0.15, -0.1) is 0 Å². The van der Waals surface area contributed by atoms with E-state index in [4.69, 9.17) is 9.26 Å². The molecule has 0 saturated heterocycles. The average Bonchev–Trinajstić information content (AvgIpc) is 2.85. The van der Waals surface area contributed by atoms with Gasteiger partial charge in [0.25, 0.3) is 0 Å². The van der Waals surface area contributed by atoms with Gasteiger partial charge in [0.1, 0.15) is 5.76 Å². The Kier molecular flexibility index (Phi) is 2.67. The van der Waals surface area contributed by atoms with Gasteiger partial charge in [-0.3, -0.25) is 5.10 Å². The Morgan fingerprint density at radius 1 is 1.62 bits per heavy atom. The highest BCUT2D eigenvalue weighted by Crippen LogP contribution is 2.13. The van der Waals surface area contributed by atoms with E-state index in [2.05, 4.69) is 20.3 Å². The molecule has 0 unspecified atom stereocenters. The fraction of sp³-hybridized carbons (Fsp3) is 0.333. The summed E-state index contributed by atoms with van der Waals surface area (Å²) in [6.45, 7) is 3.77. The quantitative estimate of drug-likeness (QED) is 0.777. The van der Waals surface area contributed by atoms with E-state index in [0.29, 0.717) is 17.3 Å². The SMILES string of the molecule is CCOC(=O)c1nc(-c2cc(C)on2)n[nH]1. The van der Waals surface area contributed by atoms with Crippen molar-refractivity contribution in [3.63, 3.8) is 0 Å². The van der Waals surface area contributed by atoms with Crippen molar-refractivity contribution in [1.29, 1.82) is 0 Å². The lowest BCUT2D eigenvalue weighted by molar-refractivity contribution is 0.0512. The number of aryl methyl sites for hydroxylation is 1. The van der Waals surface area contributed by atoms with Crippen molar-refractivity contribution in [2.75, 3.05) is 6.61 Å². The molecule has 2 heterocycles. The second-order valence-electron chi connectivity index (χ2n) is 3.05. The third-order valence-corrected chi connectivity index (χ3v) is 1.81. The summed E-state index contributed by atoms with van der Waals surface area (Å²) < 4.78 is 9.64. The topological polar surface area (TPSA) is 93.9 Å². The molecule has 0 radical (unpaired) electrons. The summed E-state index contributed by atoms with van der Waals surface area (Å²) in [5.74, 6) is 0.469. The molecule has 0 saturated carbocycles. The van der Waals surface area contributed by atoms with E-state index in [0.717, 1.165) is 0 Å². The molecule has 84 valence electrons. The number of aromatic nitrogens is 4. The average molecular weight is 222 g/mol. The molecule has 0 aliphatic carbocycles. The molecule has 7 heteroatoms. The summed E-state index contributed by atoms with van der Waals surface area (Å²) >= 11 is 0. The Morgan fingerprint density at radius 3 is 3.06 bits per heavy atom. The van der Waals surface area contributed by atoms with E-state index in [-0.39, 0.29) is 12.4 Å². The predicted molar refractivity (Wildman–Crippen MR) is 52.6 cm³/mol. The number of nitrogens with zero attached hydrogens (tertiary/aromatic N) is 3. The van der Waals surface area contributed by atoms with Crippen LogP contribution in [0.1, 0.15) is 23.3 Å². The smallest absolute Gasteiger partial charge is 0.375 e. The molecule has 1 N–H and O–H groups in total. The fourth-order valence-electron chi connectivity index (χ4n) is 1.14. The van der Waals surface area contributed by atoms with Gasteiger partial charge in [0.05, 0.1) is 6.61 Å². The Morgan fingerprint density at radius 2 is 2.44 bits per heavy atom. The molecule has 0 bridgehead atoms. The number of hydrogen-bond donors (Lipinski definition) is 1. The molecule has 0 fully saturated rings. The van der Waals surface area contributed by atoms with Crippen LogP contribution in [0.25, 0.3) is 11.5 Å². The maximum atomic E-state index is 11.3. The molecule has 0 aliphatic rings. The number of hydrogen-bond acceptors (Lipinski definition) is 6. The standard InChI is InChI=1S/C9H10N4O3/c1-3-15-9(14)8-10-7(11-12-8)6-4-5(2)16-13-6/h4H,3H2,1-2H3,(H,10,11,12). The van der Waals surface area contributed by atoms with Gasteiger partial charge >= 0.3 is 5.97 Å². The molecule has 7 nitrogen and oxygen atoms in total. The van der Waals surface area contributed by atoms with Gasteiger partial charge in [0.2, 0.25) is 11.6 Å². The molecule has 2 aromatic heterocycles. The summed E-state index contributed by atoms with van der Waals surface area (Å²) in [4.78, 5) is 15.2. The van der Waals surface area contributed by atoms with Crippen LogP contribution >= 0.6 is 0 Å². The Hall–Kier alpha value is -2.18. The number of rotatable bonds is 3. The van der Waals surface area contributed by atoms with Gasteiger partial charge in [-0.1, -0.05) is 5.16 Å². The molecule has 16 heavy (non-hydrogen) atoms. The van der Waals surface area contributed by atoms with Crippen LogP contribution in [0, 0.1) is 6.92 Å². The summed E-state index contributed by atoms with van der Waals surface area (Å²) in [5.41, 5.74) is 0.476. The van der Waals surface area contributed by atoms with Crippen LogP contribution in [0.2, 0.25) is 0 Å². The van der Waals surface area contributed by atoms with Crippen LogP contribution in [0.4, 0.5) is 0 Å². The van der Waals surface area contributed by atoms with Crippen LogP contribution in [0.5, 0.6) is 0 Å². The van der Waals surface area contributed by atoms with Crippen molar-refractivity contribution in [2.24, 2.45) is 0 Å². The Labute approximate surface area is 90.8 Å². The minimum Gasteiger partial charge on any atom is -0.460 e. The highest BCUT2D eigenvalue weighted by Gasteiger charge is 2.15. The number of ether oxygens (including phenoxy) is 1. The third kappa shape index (κ3) is 1.92. The summed E-state index contributed by atoms with van der Waals surface area (Å²) in [7, 11) is 0. The van der Waals surface area contributed by atoms with Crippen molar-refractivity contribution in [3.8, 4) is 11.5 Å². The van der Waals surface area contributed by atoms with E-state index < -0.39 is 5.97 Å². The normalized spacial score (nSPS) is 10.4.